The summed E-state index contributed by atoms with van der Waals surface area (Å²) in [5, 5.41) is 0. The SMILES string of the molecule is CC1CCCN(c2cc(C(=O)N3CCCCC3)nc(-c3ccccc3)n2)C1. The van der Waals surface area contributed by atoms with E-state index in [0.717, 1.165) is 50.4 Å². The minimum atomic E-state index is 0.0422. The van der Waals surface area contributed by atoms with Gasteiger partial charge < -0.3 is 9.80 Å². The van der Waals surface area contributed by atoms with E-state index >= 15 is 0 Å². The highest BCUT2D eigenvalue weighted by atomic mass is 16.2. The maximum absolute atomic E-state index is 13.1. The van der Waals surface area contributed by atoms with Crippen molar-refractivity contribution in [1.29, 1.82) is 0 Å². The van der Waals surface area contributed by atoms with Crippen molar-refractivity contribution in [3.8, 4) is 11.4 Å². The molecule has 0 bridgehead atoms. The van der Waals surface area contributed by atoms with E-state index < -0.39 is 0 Å². The maximum Gasteiger partial charge on any atom is 0.272 e. The van der Waals surface area contributed by atoms with E-state index in [1.54, 1.807) is 0 Å². The minimum absolute atomic E-state index is 0.0422. The van der Waals surface area contributed by atoms with E-state index in [2.05, 4.69) is 16.8 Å². The van der Waals surface area contributed by atoms with Crippen LogP contribution in [0.4, 0.5) is 5.82 Å². The van der Waals surface area contributed by atoms with E-state index in [-0.39, 0.29) is 5.91 Å². The molecule has 5 heteroatoms. The van der Waals surface area contributed by atoms with Crippen molar-refractivity contribution in [2.45, 2.75) is 39.0 Å². The molecule has 27 heavy (non-hydrogen) atoms. The van der Waals surface area contributed by atoms with E-state index in [1.165, 1.54) is 19.3 Å². The fourth-order valence-electron chi connectivity index (χ4n) is 4.08. The van der Waals surface area contributed by atoms with Gasteiger partial charge in [0.15, 0.2) is 5.82 Å². The predicted octanol–water partition coefficient (Wildman–Crippen LogP) is 4.01. The summed E-state index contributed by atoms with van der Waals surface area (Å²) in [5.74, 6) is 2.22. The average Bonchev–Trinajstić information content (AvgIpc) is 2.74. The summed E-state index contributed by atoms with van der Waals surface area (Å²) in [6.07, 6.45) is 5.80. The molecule has 4 rings (SSSR count). The molecular weight excluding hydrogens is 336 g/mol. The van der Waals surface area contributed by atoms with Crippen molar-refractivity contribution in [2.24, 2.45) is 5.92 Å². The van der Waals surface area contributed by atoms with Crippen LogP contribution in [0.15, 0.2) is 36.4 Å². The molecule has 2 aliphatic heterocycles. The summed E-state index contributed by atoms with van der Waals surface area (Å²) < 4.78 is 0. The summed E-state index contributed by atoms with van der Waals surface area (Å²) in [6.45, 7) is 5.93. The van der Waals surface area contributed by atoms with Gasteiger partial charge in [-0.2, -0.15) is 0 Å². The van der Waals surface area contributed by atoms with Crippen LogP contribution in [0.1, 0.15) is 49.5 Å². The molecule has 2 aromatic rings. The molecule has 1 atom stereocenters. The van der Waals surface area contributed by atoms with Crippen molar-refractivity contribution < 1.29 is 4.79 Å². The van der Waals surface area contributed by atoms with Crippen molar-refractivity contribution in [2.75, 3.05) is 31.1 Å². The summed E-state index contributed by atoms with van der Waals surface area (Å²) >= 11 is 0. The smallest absolute Gasteiger partial charge is 0.272 e. The number of hydrogen-bond acceptors (Lipinski definition) is 4. The fourth-order valence-corrected chi connectivity index (χ4v) is 4.08. The largest absolute Gasteiger partial charge is 0.356 e. The number of hydrogen-bond donors (Lipinski definition) is 0. The van der Waals surface area contributed by atoms with Crippen molar-refractivity contribution in [3.05, 3.63) is 42.1 Å². The number of rotatable bonds is 3. The highest BCUT2D eigenvalue weighted by Crippen LogP contribution is 2.25. The molecule has 1 amide bonds. The topological polar surface area (TPSA) is 49.3 Å². The first-order valence-electron chi connectivity index (χ1n) is 10.2. The van der Waals surface area contributed by atoms with Gasteiger partial charge in [-0.25, -0.2) is 9.97 Å². The highest BCUT2D eigenvalue weighted by molar-refractivity contribution is 5.93. The molecule has 0 spiro atoms. The van der Waals surface area contributed by atoms with Gasteiger partial charge in [-0.3, -0.25) is 4.79 Å². The predicted molar refractivity (Wildman–Crippen MR) is 108 cm³/mol. The quantitative estimate of drug-likeness (QED) is 0.826. The third-order valence-electron chi connectivity index (χ3n) is 5.59. The number of benzene rings is 1. The van der Waals surface area contributed by atoms with Crippen molar-refractivity contribution in [3.63, 3.8) is 0 Å². The molecular formula is C22H28N4O. The van der Waals surface area contributed by atoms with Crippen LogP contribution in [-0.2, 0) is 0 Å². The molecule has 0 saturated carbocycles. The zero-order valence-electron chi connectivity index (χ0n) is 16.1. The van der Waals surface area contributed by atoms with Gasteiger partial charge in [0.05, 0.1) is 0 Å². The maximum atomic E-state index is 13.1. The number of carbonyl (C=O) groups is 1. The van der Waals surface area contributed by atoms with Gasteiger partial charge in [0.2, 0.25) is 0 Å². The Balaban J connectivity index is 1.71. The first kappa shape index (κ1) is 18.0. The van der Waals surface area contributed by atoms with Crippen LogP contribution in [0.2, 0.25) is 0 Å². The molecule has 0 radical (unpaired) electrons. The van der Waals surface area contributed by atoms with Crippen molar-refractivity contribution >= 4 is 11.7 Å². The molecule has 0 aliphatic carbocycles. The third kappa shape index (κ3) is 4.12. The van der Waals surface area contributed by atoms with Gasteiger partial charge in [-0.1, -0.05) is 37.3 Å². The number of nitrogens with zero attached hydrogens (tertiary/aromatic N) is 4. The van der Waals surface area contributed by atoms with E-state index in [9.17, 15) is 4.79 Å². The van der Waals surface area contributed by atoms with Gasteiger partial charge in [0.1, 0.15) is 11.5 Å². The van der Waals surface area contributed by atoms with Gasteiger partial charge in [0.25, 0.3) is 5.91 Å². The van der Waals surface area contributed by atoms with E-state index in [1.807, 2.05) is 41.3 Å². The van der Waals surface area contributed by atoms with Crippen molar-refractivity contribution in [1.82, 2.24) is 14.9 Å². The number of anilines is 1. The molecule has 0 N–H and O–H groups in total. The molecule has 1 aromatic heterocycles. The van der Waals surface area contributed by atoms with Gasteiger partial charge in [-0.15, -0.1) is 0 Å². The number of likely N-dealkylation sites (tertiary alicyclic amines) is 1. The number of piperidine rings is 2. The second-order valence-electron chi connectivity index (χ2n) is 7.85. The number of aromatic nitrogens is 2. The molecule has 3 heterocycles. The molecule has 1 unspecified atom stereocenters. The van der Waals surface area contributed by atoms with Crippen LogP contribution in [-0.4, -0.2) is 47.0 Å². The second kappa shape index (κ2) is 8.07. The van der Waals surface area contributed by atoms with Crippen LogP contribution in [0, 0.1) is 5.92 Å². The van der Waals surface area contributed by atoms with E-state index in [4.69, 9.17) is 4.98 Å². The van der Waals surface area contributed by atoms with Gasteiger partial charge in [-0.05, 0) is 38.0 Å². The first-order valence-corrected chi connectivity index (χ1v) is 10.2. The molecule has 1 aromatic carbocycles. The third-order valence-corrected chi connectivity index (χ3v) is 5.59. The Labute approximate surface area is 161 Å². The Morgan fingerprint density at radius 2 is 1.78 bits per heavy atom. The molecule has 2 fully saturated rings. The highest BCUT2D eigenvalue weighted by Gasteiger charge is 2.24. The zero-order chi connectivity index (χ0) is 18.6. The molecule has 5 nitrogen and oxygen atoms in total. The summed E-state index contributed by atoms with van der Waals surface area (Å²) in [5.41, 5.74) is 1.48. The molecule has 2 saturated heterocycles. The Hall–Kier alpha value is -2.43. The van der Waals surface area contributed by atoms with Crippen LogP contribution < -0.4 is 4.90 Å². The Morgan fingerprint density at radius 3 is 2.52 bits per heavy atom. The van der Waals surface area contributed by atoms with Crippen LogP contribution in [0.5, 0.6) is 0 Å². The summed E-state index contributed by atoms with van der Waals surface area (Å²) in [6, 6.07) is 11.9. The summed E-state index contributed by atoms with van der Waals surface area (Å²) in [4.78, 5) is 26.9. The molecule has 2 aliphatic rings. The molecule has 142 valence electrons. The number of amides is 1. The first-order chi connectivity index (χ1) is 13.2. The zero-order valence-corrected chi connectivity index (χ0v) is 16.1. The lowest BCUT2D eigenvalue weighted by atomic mass is 10.0. The second-order valence-corrected chi connectivity index (χ2v) is 7.85. The number of carbonyl (C=O) groups excluding carboxylic acids is 1. The van der Waals surface area contributed by atoms with Gasteiger partial charge in [0, 0.05) is 37.8 Å². The lowest BCUT2D eigenvalue weighted by Gasteiger charge is -2.32. The lowest BCUT2D eigenvalue weighted by Crippen LogP contribution is -2.37. The normalized spacial score (nSPS) is 20.6. The Kier molecular flexibility index (Phi) is 5.37. The monoisotopic (exact) mass is 364 g/mol. The Bertz CT molecular complexity index is 786. The average molecular weight is 364 g/mol. The van der Waals surface area contributed by atoms with Gasteiger partial charge >= 0.3 is 0 Å². The minimum Gasteiger partial charge on any atom is -0.356 e. The standard InChI is InChI=1S/C22H28N4O/c1-17-9-8-14-26(16-17)20-15-19(22(27)25-12-6-3-7-13-25)23-21(24-20)18-10-4-2-5-11-18/h2,4-5,10-11,15,17H,3,6-9,12-14,16H2,1H3. The summed E-state index contributed by atoms with van der Waals surface area (Å²) in [7, 11) is 0. The Morgan fingerprint density at radius 1 is 1.00 bits per heavy atom. The van der Waals surface area contributed by atoms with Crippen LogP contribution in [0.25, 0.3) is 11.4 Å². The van der Waals surface area contributed by atoms with E-state index in [0.29, 0.717) is 17.4 Å². The van der Waals surface area contributed by atoms with Crippen LogP contribution >= 0.6 is 0 Å². The lowest BCUT2D eigenvalue weighted by molar-refractivity contribution is 0.0718. The van der Waals surface area contributed by atoms with Crippen LogP contribution in [0.3, 0.4) is 0 Å². The fraction of sp³-hybridized carbons (Fsp3) is 0.500.